The fourth-order valence-corrected chi connectivity index (χ4v) is 2.19. The van der Waals surface area contributed by atoms with Gasteiger partial charge in [-0.1, -0.05) is 36.4 Å². The number of urea groups is 1. The highest BCUT2D eigenvalue weighted by Gasteiger charge is 2.02. The highest BCUT2D eigenvalue weighted by molar-refractivity contribution is 5.73. The number of methoxy groups -OCH3 is 1. The molecule has 2 aromatic carbocycles. The van der Waals surface area contributed by atoms with Crippen molar-refractivity contribution in [2.45, 2.75) is 19.9 Å². The van der Waals surface area contributed by atoms with E-state index in [1.54, 1.807) is 7.11 Å². The molecule has 2 N–H and O–H groups in total. The molecule has 2 aromatic rings. The number of rotatable bonds is 6. The molecule has 4 nitrogen and oxygen atoms in total. The summed E-state index contributed by atoms with van der Waals surface area (Å²) < 4.78 is 5.18. The van der Waals surface area contributed by atoms with E-state index in [1.807, 2.05) is 55.5 Å². The van der Waals surface area contributed by atoms with Crippen LogP contribution in [0.1, 0.15) is 16.7 Å². The van der Waals surface area contributed by atoms with Gasteiger partial charge in [0, 0.05) is 13.1 Å². The second-order valence-electron chi connectivity index (χ2n) is 5.14. The van der Waals surface area contributed by atoms with Gasteiger partial charge >= 0.3 is 6.03 Å². The Morgan fingerprint density at radius 2 is 1.91 bits per heavy atom. The summed E-state index contributed by atoms with van der Waals surface area (Å²) in [4.78, 5) is 11.8. The van der Waals surface area contributed by atoms with Crippen molar-refractivity contribution >= 4 is 6.03 Å². The Morgan fingerprint density at radius 1 is 1.09 bits per heavy atom. The molecule has 0 fully saturated rings. The van der Waals surface area contributed by atoms with Gasteiger partial charge in [-0.25, -0.2) is 4.79 Å². The van der Waals surface area contributed by atoms with Crippen molar-refractivity contribution in [3.05, 3.63) is 65.2 Å². The molecule has 0 saturated heterocycles. The summed E-state index contributed by atoms with van der Waals surface area (Å²) in [6.45, 7) is 3.17. The molecule has 0 atom stereocenters. The van der Waals surface area contributed by atoms with Crippen LogP contribution >= 0.6 is 0 Å². The van der Waals surface area contributed by atoms with Crippen LogP contribution in [0.4, 0.5) is 4.79 Å². The summed E-state index contributed by atoms with van der Waals surface area (Å²) in [5.41, 5.74) is 3.45. The van der Waals surface area contributed by atoms with Crippen molar-refractivity contribution in [2.75, 3.05) is 13.7 Å². The fourth-order valence-electron chi connectivity index (χ4n) is 2.19. The van der Waals surface area contributed by atoms with Crippen LogP contribution in [0, 0.1) is 6.92 Å². The van der Waals surface area contributed by atoms with Gasteiger partial charge in [-0.2, -0.15) is 0 Å². The van der Waals surface area contributed by atoms with Gasteiger partial charge in [-0.05, 0) is 42.2 Å². The molecule has 0 saturated carbocycles. The van der Waals surface area contributed by atoms with E-state index < -0.39 is 0 Å². The van der Waals surface area contributed by atoms with Gasteiger partial charge < -0.3 is 15.4 Å². The Kier molecular flexibility index (Phi) is 5.83. The Bertz CT molecular complexity index is 626. The van der Waals surface area contributed by atoms with Crippen LogP contribution in [-0.4, -0.2) is 19.7 Å². The van der Waals surface area contributed by atoms with Gasteiger partial charge in [-0.15, -0.1) is 0 Å². The number of hydrogen-bond donors (Lipinski definition) is 2. The standard InChI is InChI=1S/C18H22N2O2/c1-14-6-3-4-8-16(14)13-20-18(21)19-11-10-15-7-5-9-17(12-15)22-2/h3-9,12H,10-11,13H2,1-2H3,(H2,19,20,21). The monoisotopic (exact) mass is 298 g/mol. The van der Waals surface area contributed by atoms with Gasteiger partial charge in [-0.3, -0.25) is 0 Å². The Morgan fingerprint density at radius 3 is 2.68 bits per heavy atom. The first-order chi connectivity index (χ1) is 10.7. The lowest BCUT2D eigenvalue weighted by atomic mass is 10.1. The largest absolute Gasteiger partial charge is 0.497 e. The van der Waals surface area contributed by atoms with Gasteiger partial charge in [0.05, 0.1) is 7.11 Å². The Hall–Kier alpha value is -2.49. The number of carbonyl (C=O) groups is 1. The summed E-state index contributed by atoms with van der Waals surface area (Å²) in [6.07, 6.45) is 0.773. The SMILES string of the molecule is COc1cccc(CCNC(=O)NCc2ccccc2C)c1. The van der Waals surface area contributed by atoms with Crippen molar-refractivity contribution in [1.82, 2.24) is 10.6 Å². The third-order valence-electron chi connectivity index (χ3n) is 3.53. The zero-order chi connectivity index (χ0) is 15.8. The maximum Gasteiger partial charge on any atom is 0.315 e. The van der Waals surface area contributed by atoms with Gasteiger partial charge in [0.15, 0.2) is 0 Å². The van der Waals surface area contributed by atoms with E-state index in [4.69, 9.17) is 4.74 Å². The van der Waals surface area contributed by atoms with Crippen molar-refractivity contribution < 1.29 is 9.53 Å². The molecule has 0 aliphatic carbocycles. The molecule has 0 bridgehead atoms. The summed E-state index contributed by atoms with van der Waals surface area (Å²) >= 11 is 0. The van der Waals surface area contributed by atoms with Crippen LogP contribution in [0.3, 0.4) is 0 Å². The van der Waals surface area contributed by atoms with Gasteiger partial charge in [0.25, 0.3) is 0 Å². The molecule has 0 aliphatic rings. The highest BCUT2D eigenvalue weighted by Crippen LogP contribution is 2.12. The number of ether oxygens (including phenoxy) is 1. The van der Waals surface area contributed by atoms with Crippen molar-refractivity contribution in [1.29, 1.82) is 0 Å². The van der Waals surface area contributed by atoms with Crippen LogP contribution in [0.5, 0.6) is 5.75 Å². The summed E-state index contributed by atoms with van der Waals surface area (Å²) in [5, 5.41) is 5.74. The predicted molar refractivity (Wildman–Crippen MR) is 88.1 cm³/mol. The van der Waals surface area contributed by atoms with E-state index in [0.717, 1.165) is 23.3 Å². The fraction of sp³-hybridized carbons (Fsp3) is 0.278. The number of benzene rings is 2. The summed E-state index contributed by atoms with van der Waals surface area (Å²) in [6, 6.07) is 15.7. The van der Waals surface area contributed by atoms with Gasteiger partial charge in [0.2, 0.25) is 0 Å². The topological polar surface area (TPSA) is 50.4 Å². The Balaban J connectivity index is 1.72. The minimum Gasteiger partial charge on any atom is -0.497 e. The number of amides is 2. The van der Waals surface area contributed by atoms with Crippen LogP contribution in [0.15, 0.2) is 48.5 Å². The smallest absolute Gasteiger partial charge is 0.315 e. The first-order valence-corrected chi connectivity index (χ1v) is 7.38. The third kappa shape index (κ3) is 4.81. The van der Waals surface area contributed by atoms with E-state index in [1.165, 1.54) is 5.56 Å². The molecule has 4 heteroatoms. The normalized spacial score (nSPS) is 10.1. The molecule has 0 unspecified atom stereocenters. The highest BCUT2D eigenvalue weighted by atomic mass is 16.5. The van der Waals surface area contributed by atoms with Crippen molar-refractivity contribution in [3.8, 4) is 5.75 Å². The zero-order valence-electron chi connectivity index (χ0n) is 13.1. The molecule has 0 aromatic heterocycles. The third-order valence-corrected chi connectivity index (χ3v) is 3.53. The molecule has 0 radical (unpaired) electrons. The zero-order valence-corrected chi connectivity index (χ0v) is 13.1. The second-order valence-corrected chi connectivity index (χ2v) is 5.14. The number of carbonyl (C=O) groups excluding carboxylic acids is 1. The molecule has 116 valence electrons. The van der Waals surface area contributed by atoms with Crippen LogP contribution in [-0.2, 0) is 13.0 Å². The number of nitrogens with one attached hydrogen (secondary N) is 2. The van der Waals surface area contributed by atoms with E-state index >= 15 is 0 Å². The predicted octanol–water partition coefficient (Wildman–Crippen LogP) is 3.05. The van der Waals surface area contributed by atoms with Crippen LogP contribution in [0.2, 0.25) is 0 Å². The van der Waals surface area contributed by atoms with Gasteiger partial charge in [0.1, 0.15) is 5.75 Å². The number of aryl methyl sites for hydroxylation is 1. The molecular weight excluding hydrogens is 276 g/mol. The average molecular weight is 298 g/mol. The molecule has 2 amide bonds. The van der Waals surface area contributed by atoms with Crippen molar-refractivity contribution in [3.63, 3.8) is 0 Å². The minimum absolute atomic E-state index is 0.147. The maximum atomic E-state index is 11.8. The molecule has 2 rings (SSSR count). The van der Waals surface area contributed by atoms with E-state index in [-0.39, 0.29) is 6.03 Å². The molecule has 22 heavy (non-hydrogen) atoms. The summed E-state index contributed by atoms with van der Waals surface area (Å²) in [7, 11) is 1.65. The lowest BCUT2D eigenvalue weighted by Gasteiger charge is -2.10. The molecule has 0 heterocycles. The van der Waals surface area contributed by atoms with Crippen LogP contribution in [0.25, 0.3) is 0 Å². The second kappa shape index (κ2) is 8.08. The first-order valence-electron chi connectivity index (χ1n) is 7.38. The Labute approximate surface area is 131 Å². The number of hydrogen-bond acceptors (Lipinski definition) is 2. The molecule has 0 spiro atoms. The molecule has 0 aliphatic heterocycles. The van der Waals surface area contributed by atoms with E-state index in [2.05, 4.69) is 10.6 Å². The maximum absolute atomic E-state index is 11.8. The van der Waals surface area contributed by atoms with Crippen LogP contribution < -0.4 is 15.4 Å². The average Bonchev–Trinajstić information content (AvgIpc) is 2.54. The lowest BCUT2D eigenvalue weighted by Crippen LogP contribution is -2.36. The van der Waals surface area contributed by atoms with E-state index in [9.17, 15) is 4.79 Å². The summed E-state index contributed by atoms with van der Waals surface area (Å²) in [5.74, 6) is 0.835. The first kappa shape index (κ1) is 15.9. The minimum atomic E-state index is -0.147. The van der Waals surface area contributed by atoms with Crippen molar-refractivity contribution in [2.24, 2.45) is 0 Å². The van der Waals surface area contributed by atoms with E-state index in [0.29, 0.717) is 13.1 Å². The lowest BCUT2D eigenvalue weighted by molar-refractivity contribution is 0.240. The molecular formula is C18H22N2O2. The quantitative estimate of drug-likeness (QED) is 0.861.